The van der Waals surface area contributed by atoms with E-state index in [1.165, 1.54) is 11.3 Å². The van der Waals surface area contributed by atoms with Gasteiger partial charge in [0.1, 0.15) is 0 Å². The van der Waals surface area contributed by atoms with Crippen molar-refractivity contribution in [3.63, 3.8) is 0 Å². The minimum absolute atomic E-state index is 0.0894. The number of carbonyl (C=O) groups is 1. The van der Waals surface area contributed by atoms with E-state index < -0.39 is 0 Å². The molecule has 1 aliphatic rings. The fraction of sp³-hybridized carbons (Fsp3) is 0.500. The van der Waals surface area contributed by atoms with Gasteiger partial charge in [0.25, 0.3) is 5.91 Å². The summed E-state index contributed by atoms with van der Waals surface area (Å²) in [5.41, 5.74) is 0. The molecule has 1 aliphatic heterocycles. The lowest BCUT2D eigenvalue weighted by atomic mass is 10.3. The molecule has 0 N–H and O–H groups in total. The highest BCUT2D eigenvalue weighted by Gasteiger charge is 2.24. The third kappa shape index (κ3) is 2.67. The van der Waals surface area contributed by atoms with Gasteiger partial charge in [0.05, 0.1) is 21.4 Å². The highest BCUT2D eigenvalue weighted by molar-refractivity contribution is 9.13. The van der Waals surface area contributed by atoms with Crippen molar-refractivity contribution in [2.24, 2.45) is 0 Å². The van der Waals surface area contributed by atoms with Gasteiger partial charge in [-0.3, -0.25) is 4.79 Å². The molecule has 0 spiro atoms. The molecular weight excluding hydrogens is 358 g/mol. The Labute approximate surface area is 115 Å². The Bertz CT molecular complexity index is 388. The average Bonchev–Trinajstić information content (AvgIpc) is 2.58. The van der Waals surface area contributed by atoms with Crippen LogP contribution in [0.2, 0.25) is 0 Å². The van der Waals surface area contributed by atoms with Crippen LogP contribution in [0, 0.1) is 0 Å². The fourth-order valence-electron chi connectivity index (χ4n) is 1.61. The maximum absolute atomic E-state index is 12.1. The molecule has 16 heavy (non-hydrogen) atoms. The first-order chi connectivity index (χ1) is 7.58. The molecule has 1 aromatic rings. The number of ether oxygens (including phenoxy) is 1. The highest BCUT2D eigenvalue weighted by Crippen LogP contribution is 2.33. The van der Waals surface area contributed by atoms with Crippen molar-refractivity contribution in [3.8, 4) is 0 Å². The van der Waals surface area contributed by atoms with E-state index in [1.807, 2.05) is 17.9 Å². The standard InChI is InChI=1S/C10H11Br2NO2S/c1-6-5-13(2-3-15-6)10(14)8-4-7(11)9(12)16-8/h4,6H,2-3,5H2,1H3/t6-/m1/s1. The molecular formula is C10H11Br2NO2S. The van der Waals surface area contributed by atoms with E-state index in [1.54, 1.807) is 0 Å². The van der Waals surface area contributed by atoms with E-state index in [0.717, 1.165) is 13.1 Å². The highest BCUT2D eigenvalue weighted by atomic mass is 79.9. The zero-order valence-corrected chi connectivity index (χ0v) is 12.7. The Hall–Kier alpha value is 0.0900. The molecule has 0 bridgehead atoms. The monoisotopic (exact) mass is 367 g/mol. The van der Waals surface area contributed by atoms with Gasteiger partial charge in [-0.05, 0) is 44.8 Å². The summed E-state index contributed by atoms with van der Waals surface area (Å²) in [5, 5.41) is 0. The Balaban J connectivity index is 2.12. The summed E-state index contributed by atoms with van der Waals surface area (Å²) in [5.74, 6) is 0.0894. The van der Waals surface area contributed by atoms with E-state index in [9.17, 15) is 4.79 Å². The van der Waals surface area contributed by atoms with E-state index in [2.05, 4.69) is 31.9 Å². The molecule has 0 unspecified atom stereocenters. The molecule has 0 radical (unpaired) electrons. The third-order valence-corrected chi connectivity index (χ3v) is 5.63. The average molecular weight is 369 g/mol. The van der Waals surface area contributed by atoms with Gasteiger partial charge in [0.15, 0.2) is 0 Å². The zero-order valence-electron chi connectivity index (χ0n) is 8.70. The van der Waals surface area contributed by atoms with E-state index in [-0.39, 0.29) is 12.0 Å². The van der Waals surface area contributed by atoms with E-state index in [4.69, 9.17) is 4.74 Å². The van der Waals surface area contributed by atoms with Crippen molar-refractivity contribution in [2.45, 2.75) is 13.0 Å². The SMILES string of the molecule is C[C@@H]1CN(C(=O)c2cc(Br)c(Br)s2)CCO1. The third-order valence-electron chi connectivity index (χ3n) is 2.38. The molecule has 1 fully saturated rings. The fourth-order valence-corrected chi connectivity index (χ4v) is 3.61. The van der Waals surface area contributed by atoms with Crippen molar-refractivity contribution in [1.29, 1.82) is 0 Å². The first kappa shape index (κ1) is 12.5. The van der Waals surface area contributed by atoms with Crippen LogP contribution in [0.3, 0.4) is 0 Å². The molecule has 3 nitrogen and oxygen atoms in total. The summed E-state index contributed by atoms with van der Waals surface area (Å²) >= 11 is 8.24. The summed E-state index contributed by atoms with van der Waals surface area (Å²) in [6.07, 6.45) is 0.129. The second kappa shape index (κ2) is 5.16. The summed E-state index contributed by atoms with van der Waals surface area (Å²) in [6, 6.07) is 1.86. The second-order valence-corrected chi connectivity index (χ2v) is 6.89. The molecule has 1 atom stereocenters. The molecule has 6 heteroatoms. The van der Waals surface area contributed by atoms with Crippen LogP contribution in [-0.4, -0.2) is 36.6 Å². The molecule has 1 aromatic heterocycles. The number of nitrogens with zero attached hydrogens (tertiary/aromatic N) is 1. The quantitative estimate of drug-likeness (QED) is 0.762. The molecule has 88 valence electrons. The number of hydrogen-bond acceptors (Lipinski definition) is 3. The van der Waals surface area contributed by atoms with Crippen molar-refractivity contribution in [3.05, 3.63) is 19.2 Å². The van der Waals surface area contributed by atoms with Crippen molar-refractivity contribution in [2.75, 3.05) is 19.7 Å². The van der Waals surface area contributed by atoms with E-state index in [0.29, 0.717) is 19.7 Å². The molecule has 1 saturated heterocycles. The van der Waals surface area contributed by atoms with Crippen LogP contribution in [0.25, 0.3) is 0 Å². The number of morpholine rings is 1. The number of rotatable bonds is 1. The number of hydrogen-bond donors (Lipinski definition) is 0. The van der Waals surface area contributed by atoms with Crippen LogP contribution in [0.5, 0.6) is 0 Å². The maximum Gasteiger partial charge on any atom is 0.264 e. The Morgan fingerprint density at radius 2 is 2.38 bits per heavy atom. The maximum atomic E-state index is 12.1. The van der Waals surface area contributed by atoms with Gasteiger partial charge in [-0.15, -0.1) is 11.3 Å². The molecule has 1 amide bonds. The van der Waals surface area contributed by atoms with Gasteiger partial charge >= 0.3 is 0 Å². The minimum atomic E-state index is 0.0894. The Morgan fingerprint density at radius 3 is 2.94 bits per heavy atom. The number of carbonyl (C=O) groups excluding carboxylic acids is 1. The lowest BCUT2D eigenvalue weighted by molar-refractivity contribution is -0.0122. The summed E-state index contributed by atoms with van der Waals surface area (Å²) < 4.78 is 7.30. The van der Waals surface area contributed by atoms with Gasteiger partial charge in [-0.25, -0.2) is 0 Å². The van der Waals surface area contributed by atoms with Gasteiger partial charge < -0.3 is 9.64 Å². The molecule has 0 aromatic carbocycles. The predicted octanol–water partition coefficient (Wildman–Crippen LogP) is 3.13. The summed E-state index contributed by atoms with van der Waals surface area (Å²) in [4.78, 5) is 14.8. The number of thiophene rings is 1. The summed E-state index contributed by atoms with van der Waals surface area (Å²) in [6.45, 7) is 3.96. The smallest absolute Gasteiger partial charge is 0.264 e. The molecule has 2 heterocycles. The lowest BCUT2D eigenvalue weighted by Gasteiger charge is -2.30. The Kier molecular flexibility index (Phi) is 4.05. The summed E-state index contributed by atoms with van der Waals surface area (Å²) in [7, 11) is 0. The molecule has 0 saturated carbocycles. The van der Waals surface area contributed by atoms with Crippen LogP contribution in [0.1, 0.15) is 16.6 Å². The van der Waals surface area contributed by atoms with Gasteiger partial charge in [0.2, 0.25) is 0 Å². The van der Waals surface area contributed by atoms with Crippen LogP contribution in [-0.2, 0) is 4.74 Å². The largest absolute Gasteiger partial charge is 0.375 e. The zero-order chi connectivity index (χ0) is 11.7. The van der Waals surface area contributed by atoms with Crippen LogP contribution in [0.15, 0.2) is 14.3 Å². The first-order valence-electron chi connectivity index (χ1n) is 4.93. The van der Waals surface area contributed by atoms with Crippen LogP contribution >= 0.6 is 43.2 Å². The topological polar surface area (TPSA) is 29.5 Å². The van der Waals surface area contributed by atoms with Gasteiger partial charge in [-0.1, -0.05) is 0 Å². The number of amides is 1. The Morgan fingerprint density at radius 1 is 1.62 bits per heavy atom. The van der Waals surface area contributed by atoms with Crippen LogP contribution in [0.4, 0.5) is 0 Å². The van der Waals surface area contributed by atoms with Gasteiger partial charge in [-0.2, -0.15) is 0 Å². The van der Waals surface area contributed by atoms with Gasteiger partial charge in [0, 0.05) is 17.6 Å². The minimum Gasteiger partial charge on any atom is -0.375 e. The molecule has 2 rings (SSSR count). The van der Waals surface area contributed by atoms with Crippen molar-refractivity contribution < 1.29 is 9.53 Å². The number of halogens is 2. The van der Waals surface area contributed by atoms with E-state index >= 15 is 0 Å². The first-order valence-corrected chi connectivity index (χ1v) is 7.34. The predicted molar refractivity (Wildman–Crippen MR) is 71.0 cm³/mol. The molecule has 0 aliphatic carbocycles. The normalized spacial score (nSPS) is 21.2. The second-order valence-electron chi connectivity index (χ2n) is 3.66. The lowest BCUT2D eigenvalue weighted by Crippen LogP contribution is -2.44. The van der Waals surface area contributed by atoms with Crippen molar-refractivity contribution in [1.82, 2.24) is 4.90 Å². The van der Waals surface area contributed by atoms with Crippen LogP contribution < -0.4 is 0 Å². The van der Waals surface area contributed by atoms with Crippen molar-refractivity contribution >= 4 is 49.1 Å².